The molecule has 1 aliphatic carbocycles. The Morgan fingerprint density at radius 2 is 2.16 bits per heavy atom. The van der Waals surface area contributed by atoms with Crippen LogP contribution in [-0.4, -0.2) is 11.0 Å². The minimum absolute atomic E-state index is 0.457. The van der Waals surface area contributed by atoms with Crippen molar-refractivity contribution in [3.05, 3.63) is 28.2 Å². The van der Waals surface area contributed by atoms with Crippen LogP contribution in [0.3, 0.4) is 0 Å². The van der Waals surface area contributed by atoms with Crippen molar-refractivity contribution in [1.82, 2.24) is 0 Å². The number of halogens is 1. The van der Waals surface area contributed by atoms with E-state index in [1.165, 1.54) is 32.1 Å². The minimum Gasteiger partial charge on any atom is -0.389 e. The summed E-state index contributed by atoms with van der Waals surface area (Å²) in [4.78, 5) is 0.457. The number of benzene rings is 1. The van der Waals surface area contributed by atoms with E-state index in [9.17, 15) is 0 Å². The Morgan fingerprint density at radius 3 is 2.84 bits per heavy atom. The molecule has 1 aromatic carbocycles. The summed E-state index contributed by atoms with van der Waals surface area (Å²) >= 11 is 8.66. The third-order valence-electron chi connectivity index (χ3n) is 4.02. The van der Waals surface area contributed by atoms with Gasteiger partial charge in [-0.15, -0.1) is 0 Å². The summed E-state index contributed by atoms with van der Waals surface area (Å²) in [7, 11) is 0. The van der Waals surface area contributed by atoms with Crippen molar-refractivity contribution in [1.29, 1.82) is 0 Å². The highest BCUT2D eigenvalue weighted by Gasteiger charge is 2.24. The van der Waals surface area contributed by atoms with Gasteiger partial charge in [0.1, 0.15) is 4.99 Å². The number of anilines is 1. The van der Waals surface area contributed by atoms with Crippen LogP contribution in [0.1, 0.15) is 44.6 Å². The van der Waals surface area contributed by atoms with Crippen LogP contribution in [0.2, 0.25) is 0 Å². The number of nitrogens with two attached hydrogens (primary N) is 1. The Hall–Kier alpha value is -0.610. The highest BCUT2D eigenvalue weighted by Crippen LogP contribution is 2.31. The molecule has 2 atom stereocenters. The fourth-order valence-electron chi connectivity index (χ4n) is 2.94. The quantitative estimate of drug-likeness (QED) is 0.794. The number of hydrogen-bond donors (Lipinski definition) is 2. The Bertz CT molecular complexity index is 461. The van der Waals surface area contributed by atoms with E-state index in [0.717, 1.165) is 21.6 Å². The summed E-state index contributed by atoms with van der Waals surface area (Å²) in [5.41, 5.74) is 7.82. The maximum absolute atomic E-state index is 5.81. The van der Waals surface area contributed by atoms with Gasteiger partial charge >= 0.3 is 0 Å². The Balaban J connectivity index is 2.21. The molecule has 2 rings (SSSR count). The predicted octanol–water partition coefficient (Wildman–Crippen LogP) is 4.46. The molecule has 2 unspecified atom stereocenters. The molecule has 0 amide bonds. The van der Waals surface area contributed by atoms with Crippen molar-refractivity contribution < 1.29 is 0 Å². The summed E-state index contributed by atoms with van der Waals surface area (Å²) in [6, 6.07) is 6.59. The highest BCUT2D eigenvalue weighted by atomic mass is 79.9. The third-order valence-corrected chi connectivity index (χ3v) is 4.73. The first-order valence-electron chi connectivity index (χ1n) is 6.97. The average molecular weight is 341 g/mol. The van der Waals surface area contributed by atoms with Crippen LogP contribution in [0.25, 0.3) is 0 Å². The fourth-order valence-corrected chi connectivity index (χ4v) is 3.48. The van der Waals surface area contributed by atoms with Gasteiger partial charge in [-0.2, -0.15) is 0 Å². The van der Waals surface area contributed by atoms with Crippen LogP contribution < -0.4 is 11.1 Å². The standard InChI is InChI=1S/C15H21BrN2S/c1-2-10-5-3-4-6-13(10)18-14-9-11(16)7-8-12(14)15(17)19/h7-10,13,18H,2-6H2,1H3,(H2,17,19). The molecule has 0 spiro atoms. The van der Waals surface area contributed by atoms with Gasteiger partial charge in [-0.05, 0) is 37.0 Å². The zero-order chi connectivity index (χ0) is 13.8. The van der Waals surface area contributed by atoms with E-state index in [-0.39, 0.29) is 0 Å². The van der Waals surface area contributed by atoms with E-state index >= 15 is 0 Å². The monoisotopic (exact) mass is 340 g/mol. The van der Waals surface area contributed by atoms with E-state index in [1.54, 1.807) is 0 Å². The van der Waals surface area contributed by atoms with Gasteiger partial charge in [-0.25, -0.2) is 0 Å². The van der Waals surface area contributed by atoms with Crippen molar-refractivity contribution in [2.24, 2.45) is 11.7 Å². The molecule has 3 N–H and O–H groups in total. The van der Waals surface area contributed by atoms with Gasteiger partial charge in [0.2, 0.25) is 0 Å². The first kappa shape index (κ1) is 14.8. The first-order chi connectivity index (χ1) is 9.11. The maximum atomic E-state index is 5.81. The molecule has 1 saturated carbocycles. The van der Waals surface area contributed by atoms with Crippen LogP contribution in [0.5, 0.6) is 0 Å². The van der Waals surface area contributed by atoms with Crippen LogP contribution in [0.15, 0.2) is 22.7 Å². The van der Waals surface area contributed by atoms with Crippen LogP contribution in [0, 0.1) is 5.92 Å². The molecule has 0 aliphatic heterocycles. The lowest BCUT2D eigenvalue weighted by atomic mass is 9.82. The van der Waals surface area contributed by atoms with Crippen molar-refractivity contribution in [2.75, 3.05) is 5.32 Å². The van der Waals surface area contributed by atoms with Crippen LogP contribution in [0.4, 0.5) is 5.69 Å². The van der Waals surface area contributed by atoms with Crippen LogP contribution >= 0.6 is 28.1 Å². The summed E-state index contributed by atoms with van der Waals surface area (Å²) < 4.78 is 1.05. The normalized spacial score (nSPS) is 23.1. The molecule has 4 heteroatoms. The van der Waals surface area contributed by atoms with Gasteiger partial charge in [0.05, 0.1) is 0 Å². The molecule has 104 valence electrons. The molecular formula is C15H21BrN2S. The highest BCUT2D eigenvalue weighted by molar-refractivity contribution is 9.10. The van der Waals surface area contributed by atoms with Gasteiger partial charge in [0.25, 0.3) is 0 Å². The van der Waals surface area contributed by atoms with E-state index in [2.05, 4.69) is 34.2 Å². The Labute approximate surface area is 129 Å². The topological polar surface area (TPSA) is 38.0 Å². The van der Waals surface area contributed by atoms with E-state index in [4.69, 9.17) is 18.0 Å². The molecule has 1 aromatic rings. The smallest absolute Gasteiger partial charge is 0.106 e. The first-order valence-corrected chi connectivity index (χ1v) is 8.17. The van der Waals surface area contributed by atoms with Crippen molar-refractivity contribution >= 4 is 38.8 Å². The van der Waals surface area contributed by atoms with Gasteiger partial charge < -0.3 is 11.1 Å². The Morgan fingerprint density at radius 1 is 1.42 bits per heavy atom. The zero-order valence-electron chi connectivity index (χ0n) is 11.3. The second-order valence-corrected chi connectivity index (χ2v) is 6.61. The zero-order valence-corrected chi connectivity index (χ0v) is 13.7. The maximum Gasteiger partial charge on any atom is 0.106 e. The lowest BCUT2D eigenvalue weighted by Crippen LogP contribution is -2.32. The second-order valence-electron chi connectivity index (χ2n) is 5.26. The molecule has 0 heterocycles. The summed E-state index contributed by atoms with van der Waals surface area (Å²) in [6.07, 6.45) is 6.46. The van der Waals surface area contributed by atoms with E-state index in [1.807, 2.05) is 12.1 Å². The number of rotatable bonds is 4. The summed E-state index contributed by atoms with van der Waals surface area (Å²) in [5.74, 6) is 0.756. The average Bonchev–Trinajstić information content (AvgIpc) is 2.39. The second kappa shape index (κ2) is 6.71. The number of hydrogen-bond acceptors (Lipinski definition) is 2. The molecular weight excluding hydrogens is 320 g/mol. The summed E-state index contributed by atoms with van der Waals surface area (Å²) in [6.45, 7) is 2.28. The van der Waals surface area contributed by atoms with E-state index < -0.39 is 0 Å². The minimum atomic E-state index is 0.457. The van der Waals surface area contributed by atoms with Gasteiger partial charge in [0, 0.05) is 21.8 Å². The third kappa shape index (κ3) is 3.69. The predicted molar refractivity (Wildman–Crippen MR) is 89.7 cm³/mol. The molecule has 19 heavy (non-hydrogen) atoms. The van der Waals surface area contributed by atoms with Gasteiger partial charge in [-0.3, -0.25) is 0 Å². The molecule has 2 nitrogen and oxygen atoms in total. The lowest BCUT2D eigenvalue weighted by Gasteiger charge is -2.33. The van der Waals surface area contributed by atoms with Crippen molar-refractivity contribution in [3.8, 4) is 0 Å². The van der Waals surface area contributed by atoms with Gasteiger partial charge in [-0.1, -0.05) is 54.3 Å². The SMILES string of the molecule is CCC1CCCCC1Nc1cc(Br)ccc1C(N)=S. The number of nitrogens with one attached hydrogen (secondary N) is 1. The molecule has 0 aromatic heterocycles. The molecule has 0 bridgehead atoms. The molecule has 0 saturated heterocycles. The molecule has 1 fully saturated rings. The van der Waals surface area contributed by atoms with Crippen molar-refractivity contribution in [3.63, 3.8) is 0 Å². The molecule has 0 radical (unpaired) electrons. The van der Waals surface area contributed by atoms with E-state index in [0.29, 0.717) is 11.0 Å². The Kier molecular flexibility index (Phi) is 5.22. The summed E-state index contributed by atoms with van der Waals surface area (Å²) in [5, 5.41) is 3.68. The molecule has 1 aliphatic rings. The number of thiocarbonyl (C=S) groups is 1. The van der Waals surface area contributed by atoms with Gasteiger partial charge in [0.15, 0.2) is 0 Å². The lowest BCUT2D eigenvalue weighted by molar-refractivity contribution is 0.317. The van der Waals surface area contributed by atoms with Crippen LogP contribution in [-0.2, 0) is 0 Å². The largest absolute Gasteiger partial charge is 0.389 e. The van der Waals surface area contributed by atoms with Crippen molar-refractivity contribution in [2.45, 2.75) is 45.1 Å². The fraction of sp³-hybridized carbons (Fsp3) is 0.533.